The Labute approximate surface area is 107 Å². The maximum atomic E-state index is 10.7. The minimum absolute atomic E-state index is 0.238. The van der Waals surface area contributed by atoms with Gasteiger partial charge in [0.15, 0.2) is 6.10 Å². The predicted molar refractivity (Wildman–Crippen MR) is 65.8 cm³/mol. The van der Waals surface area contributed by atoms with Crippen molar-refractivity contribution in [3.8, 4) is 0 Å². The highest BCUT2D eigenvalue weighted by Crippen LogP contribution is 2.11. The number of cyclic esters (lactones) is 2. The maximum absolute atomic E-state index is 10.7. The minimum Gasteiger partial charge on any atom is -0.497 e. The van der Waals surface area contributed by atoms with Gasteiger partial charge in [-0.2, -0.15) is 0 Å². The van der Waals surface area contributed by atoms with Gasteiger partial charge in [-0.05, 0) is 18.2 Å². The Balaban J connectivity index is 2.46. The number of rotatable bonds is 7. The summed E-state index contributed by atoms with van der Waals surface area (Å²) in [7, 11) is 1.57. The minimum atomic E-state index is -0.640. The molecule has 5 heteroatoms. The van der Waals surface area contributed by atoms with Gasteiger partial charge >= 0.3 is 6.16 Å². The lowest BCUT2D eigenvalue weighted by atomic mass is 10.3. The largest absolute Gasteiger partial charge is 0.508 e. The van der Waals surface area contributed by atoms with Crippen molar-refractivity contribution in [3.05, 3.63) is 36.3 Å². The van der Waals surface area contributed by atoms with Crippen molar-refractivity contribution in [3.63, 3.8) is 0 Å². The van der Waals surface area contributed by atoms with E-state index in [-0.39, 0.29) is 19.3 Å². The molecule has 1 aliphatic heterocycles. The third kappa shape index (κ3) is 4.53. The molecule has 0 spiro atoms. The molecule has 0 aromatic carbocycles. The molecule has 0 N–H and O–H groups in total. The monoisotopic (exact) mass is 254 g/mol. The molecule has 1 unspecified atom stereocenters. The van der Waals surface area contributed by atoms with Gasteiger partial charge in [0.05, 0.1) is 12.9 Å². The number of methoxy groups -OCH3 is 1. The van der Waals surface area contributed by atoms with Gasteiger partial charge in [0, 0.05) is 6.42 Å². The molecule has 0 radical (unpaired) electrons. The van der Waals surface area contributed by atoms with E-state index in [2.05, 4.69) is 11.3 Å². The predicted octanol–water partition coefficient (Wildman–Crippen LogP) is 2.55. The van der Waals surface area contributed by atoms with Crippen molar-refractivity contribution in [2.45, 2.75) is 19.4 Å². The van der Waals surface area contributed by atoms with Crippen LogP contribution in [0.2, 0.25) is 0 Å². The van der Waals surface area contributed by atoms with E-state index in [1.54, 1.807) is 25.3 Å². The average Bonchev–Trinajstić information content (AvgIpc) is 2.80. The average molecular weight is 254 g/mol. The van der Waals surface area contributed by atoms with Crippen molar-refractivity contribution in [1.29, 1.82) is 0 Å². The van der Waals surface area contributed by atoms with Gasteiger partial charge < -0.3 is 18.9 Å². The summed E-state index contributed by atoms with van der Waals surface area (Å²) >= 11 is 0. The third-order valence-electron chi connectivity index (χ3n) is 2.32. The number of hydrogen-bond donors (Lipinski definition) is 0. The van der Waals surface area contributed by atoms with Crippen LogP contribution >= 0.6 is 0 Å². The van der Waals surface area contributed by atoms with E-state index in [0.717, 1.165) is 12.2 Å². The summed E-state index contributed by atoms with van der Waals surface area (Å²) < 4.78 is 20.1. The SMILES string of the molecule is C=C/C(=C\C=C(/CC)OCC1COC(=O)O1)OC. The molecule has 0 aromatic heterocycles. The van der Waals surface area contributed by atoms with Crippen LogP contribution in [0.25, 0.3) is 0 Å². The summed E-state index contributed by atoms with van der Waals surface area (Å²) in [6.07, 6.45) is 4.93. The first-order chi connectivity index (χ1) is 8.69. The topological polar surface area (TPSA) is 54.0 Å². The zero-order valence-corrected chi connectivity index (χ0v) is 10.7. The van der Waals surface area contributed by atoms with E-state index < -0.39 is 6.16 Å². The molecule has 100 valence electrons. The first kappa shape index (κ1) is 14.2. The van der Waals surface area contributed by atoms with E-state index in [1.807, 2.05) is 6.92 Å². The summed E-state index contributed by atoms with van der Waals surface area (Å²) in [6.45, 7) is 6.11. The second kappa shape index (κ2) is 7.42. The molecule has 0 bridgehead atoms. The van der Waals surface area contributed by atoms with Crippen molar-refractivity contribution in [2.75, 3.05) is 20.3 Å². The molecule has 5 nitrogen and oxygen atoms in total. The fourth-order valence-electron chi connectivity index (χ4n) is 1.31. The van der Waals surface area contributed by atoms with E-state index in [1.165, 1.54) is 0 Å². The van der Waals surface area contributed by atoms with Crippen LogP contribution in [0.3, 0.4) is 0 Å². The number of carbonyl (C=O) groups excluding carboxylic acids is 1. The van der Waals surface area contributed by atoms with Gasteiger partial charge in [0.2, 0.25) is 0 Å². The molecule has 1 saturated heterocycles. The summed E-state index contributed by atoms with van der Waals surface area (Å²) in [5.41, 5.74) is 0. The zero-order valence-electron chi connectivity index (χ0n) is 10.7. The first-order valence-corrected chi connectivity index (χ1v) is 5.73. The molecule has 0 aromatic rings. The number of hydrogen-bond acceptors (Lipinski definition) is 5. The normalized spacial score (nSPS) is 20.1. The van der Waals surface area contributed by atoms with Crippen LogP contribution in [0.4, 0.5) is 4.79 Å². The molecule has 1 rings (SSSR count). The highest BCUT2D eigenvalue weighted by Gasteiger charge is 2.25. The van der Waals surface area contributed by atoms with Crippen LogP contribution in [-0.2, 0) is 18.9 Å². The maximum Gasteiger partial charge on any atom is 0.508 e. The van der Waals surface area contributed by atoms with Crippen LogP contribution in [0.1, 0.15) is 13.3 Å². The summed E-state index contributed by atoms with van der Waals surface area (Å²) in [5, 5.41) is 0. The fourth-order valence-corrected chi connectivity index (χ4v) is 1.31. The van der Waals surface area contributed by atoms with Gasteiger partial charge in [-0.3, -0.25) is 0 Å². The Morgan fingerprint density at radius 2 is 2.33 bits per heavy atom. The van der Waals surface area contributed by atoms with E-state index in [0.29, 0.717) is 5.76 Å². The zero-order chi connectivity index (χ0) is 13.4. The quantitative estimate of drug-likeness (QED) is 0.397. The van der Waals surface area contributed by atoms with E-state index >= 15 is 0 Å². The van der Waals surface area contributed by atoms with Crippen molar-refractivity contribution in [2.24, 2.45) is 0 Å². The van der Waals surface area contributed by atoms with Crippen LogP contribution < -0.4 is 0 Å². The Hall–Kier alpha value is -1.91. The molecule has 1 atom stereocenters. The van der Waals surface area contributed by atoms with Crippen molar-refractivity contribution in [1.82, 2.24) is 0 Å². The Kier molecular flexibility index (Phi) is 5.84. The standard InChI is InChI=1S/C13H18O5/c1-4-10(15-3)6-7-11(5-2)16-8-12-9-17-13(14)18-12/h4,6-7,12H,1,5,8-9H2,2-3H3/b10-6+,11-7+. The first-order valence-electron chi connectivity index (χ1n) is 5.73. The molecule has 1 heterocycles. The van der Waals surface area contributed by atoms with E-state index in [9.17, 15) is 4.79 Å². The molecule has 1 fully saturated rings. The fraction of sp³-hybridized carbons (Fsp3) is 0.462. The van der Waals surface area contributed by atoms with Gasteiger partial charge in [0.1, 0.15) is 19.0 Å². The number of ether oxygens (including phenoxy) is 4. The molecule has 1 aliphatic rings. The van der Waals surface area contributed by atoms with Crippen LogP contribution in [0.5, 0.6) is 0 Å². The summed E-state index contributed by atoms with van der Waals surface area (Å²) in [6, 6.07) is 0. The van der Waals surface area contributed by atoms with Crippen molar-refractivity contribution < 1.29 is 23.7 Å². The van der Waals surface area contributed by atoms with Crippen LogP contribution in [0.15, 0.2) is 36.3 Å². The smallest absolute Gasteiger partial charge is 0.497 e. The van der Waals surface area contributed by atoms with Gasteiger partial charge in [-0.1, -0.05) is 13.5 Å². The highest BCUT2D eigenvalue weighted by atomic mass is 16.8. The van der Waals surface area contributed by atoms with Gasteiger partial charge in [0.25, 0.3) is 0 Å². The third-order valence-corrected chi connectivity index (χ3v) is 2.32. The van der Waals surface area contributed by atoms with Gasteiger partial charge in [-0.15, -0.1) is 0 Å². The lowest BCUT2D eigenvalue weighted by Crippen LogP contribution is -2.17. The summed E-state index contributed by atoms with van der Waals surface area (Å²) in [5.74, 6) is 1.43. The van der Waals surface area contributed by atoms with Crippen LogP contribution in [-0.4, -0.2) is 32.6 Å². The lowest BCUT2D eigenvalue weighted by Gasteiger charge is -2.10. The van der Waals surface area contributed by atoms with E-state index in [4.69, 9.17) is 14.2 Å². The number of carbonyl (C=O) groups is 1. The Bertz CT molecular complexity index is 356. The molecule has 0 amide bonds. The number of allylic oxidation sites excluding steroid dienone is 4. The Morgan fingerprint density at radius 1 is 1.56 bits per heavy atom. The van der Waals surface area contributed by atoms with Crippen LogP contribution in [0, 0.1) is 0 Å². The molecule has 18 heavy (non-hydrogen) atoms. The second-order valence-electron chi connectivity index (χ2n) is 3.58. The Morgan fingerprint density at radius 3 is 2.83 bits per heavy atom. The molecule has 0 aliphatic carbocycles. The van der Waals surface area contributed by atoms with Gasteiger partial charge in [-0.25, -0.2) is 4.79 Å². The van der Waals surface area contributed by atoms with Crippen molar-refractivity contribution >= 4 is 6.16 Å². The second-order valence-corrected chi connectivity index (χ2v) is 3.58. The highest BCUT2D eigenvalue weighted by molar-refractivity contribution is 5.61. The lowest BCUT2D eigenvalue weighted by molar-refractivity contribution is 0.0743. The molecule has 0 saturated carbocycles. The summed E-state index contributed by atoms with van der Waals surface area (Å²) in [4.78, 5) is 10.7. The molecular weight excluding hydrogens is 236 g/mol. The molecular formula is C13H18O5.